The molecule has 29 heavy (non-hydrogen) atoms. The van der Waals surface area contributed by atoms with Gasteiger partial charge in [0.2, 0.25) is 5.79 Å². The first kappa shape index (κ1) is 19.5. The van der Waals surface area contributed by atoms with E-state index in [0.29, 0.717) is 24.8 Å². The summed E-state index contributed by atoms with van der Waals surface area (Å²) in [6, 6.07) is 0. The van der Waals surface area contributed by atoms with Crippen LogP contribution < -0.4 is 0 Å². The predicted octanol–water partition coefficient (Wildman–Crippen LogP) is 1.44. The molecule has 1 spiro atoms. The Bertz CT molecular complexity index is 807. The highest BCUT2D eigenvalue weighted by atomic mass is 16.7. The second kappa shape index (κ2) is 5.83. The van der Waals surface area contributed by atoms with E-state index in [1.165, 1.54) is 13.0 Å². The molecule has 0 aromatic carbocycles. The van der Waals surface area contributed by atoms with Gasteiger partial charge in [0.05, 0.1) is 6.10 Å². The van der Waals surface area contributed by atoms with Crippen molar-refractivity contribution in [3.05, 3.63) is 11.6 Å². The maximum Gasteiger partial charge on any atom is 0.333 e. The van der Waals surface area contributed by atoms with Crippen LogP contribution in [-0.4, -0.2) is 51.4 Å². The lowest BCUT2D eigenvalue weighted by atomic mass is 9.43. The summed E-state index contributed by atoms with van der Waals surface area (Å²) in [5, 5.41) is 33.7. The van der Waals surface area contributed by atoms with E-state index in [9.17, 15) is 24.9 Å². The molecule has 5 aliphatic rings. The number of aliphatic hydroxyl groups excluding tert-OH is 1. The first-order valence-corrected chi connectivity index (χ1v) is 10.8. The summed E-state index contributed by atoms with van der Waals surface area (Å²) < 4.78 is 10.4. The number of carbonyl (C=O) groups excluding carboxylic acids is 2. The van der Waals surface area contributed by atoms with Crippen molar-refractivity contribution in [3.8, 4) is 0 Å². The minimum absolute atomic E-state index is 0.0224. The third-order valence-electron chi connectivity index (χ3n) is 9.22. The SMILES string of the molecule is CC(=O)OC[C@]1(O)[C@@H]2CC[C@H]3[C@]4(C)CC[C@@]5(O)OC(=O)C=C5[C@H]4CC[C@]3(C2)[C@H]1O. The Morgan fingerprint density at radius 2 is 2.00 bits per heavy atom. The van der Waals surface area contributed by atoms with Crippen molar-refractivity contribution < 1.29 is 34.4 Å². The molecule has 0 saturated heterocycles. The van der Waals surface area contributed by atoms with Gasteiger partial charge in [0, 0.05) is 30.4 Å². The van der Waals surface area contributed by atoms with Crippen LogP contribution in [0, 0.1) is 28.6 Å². The molecule has 4 fully saturated rings. The third kappa shape index (κ3) is 2.35. The molecule has 160 valence electrons. The summed E-state index contributed by atoms with van der Waals surface area (Å²) >= 11 is 0. The van der Waals surface area contributed by atoms with E-state index in [0.717, 1.165) is 25.7 Å². The van der Waals surface area contributed by atoms with Gasteiger partial charge in [0.15, 0.2) is 0 Å². The summed E-state index contributed by atoms with van der Waals surface area (Å²) in [6.07, 6.45) is 5.36. The Kier molecular flexibility index (Phi) is 3.92. The zero-order chi connectivity index (χ0) is 20.8. The highest BCUT2D eigenvalue weighted by Crippen LogP contribution is 2.72. The molecule has 2 bridgehead atoms. The number of hydrogen-bond donors (Lipinski definition) is 3. The lowest BCUT2D eigenvalue weighted by Crippen LogP contribution is -2.60. The van der Waals surface area contributed by atoms with Crippen molar-refractivity contribution in [2.75, 3.05) is 6.61 Å². The van der Waals surface area contributed by atoms with Crippen molar-refractivity contribution in [2.24, 2.45) is 28.6 Å². The first-order valence-electron chi connectivity index (χ1n) is 10.8. The van der Waals surface area contributed by atoms with E-state index in [2.05, 4.69) is 6.92 Å². The van der Waals surface area contributed by atoms with Gasteiger partial charge in [-0.1, -0.05) is 6.92 Å². The van der Waals surface area contributed by atoms with Gasteiger partial charge in [-0.05, 0) is 61.7 Å². The largest absolute Gasteiger partial charge is 0.463 e. The molecule has 1 heterocycles. The van der Waals surface area contributed by atoms with Crippen LogP contribution in [0.1, 0.15) is 58.8 Å². The quantitative estimate of drug-likeness (QED) is 0.595. The maximum absolute atomic E-state index is 11.9. The molecule has 4 aliphatic carbocycles. The molecular formula is C22H30O7. The van der Waals surface area contributed by atoms with E-state index >= 15 is 0 Å². The summed E-state index contributed by atoms with van der Waals surface area (Å²) in [4.78, 5) is 23.2. The average Bonchev–Trinajstić information content (AvgIpc) is 3.05. The van der Waals surface area contributed by atoms with Gasteiger partial charge in [0.25, 0.3) is 0 Å². The summed E-state index contributed by atoms with van der Waals surface area (Å²) in [5.74, 6) is -2.33. The normalized spacial score (nSPS) is 52.7. The Labute approximate surface area is 170 Å². The van der Waals surface area contributed by atoms with Gasteiger partial charge in [-0.2, -0.15) is 0 Å². The molecule has 8 atom stereocenters. The average molecular weight is 406 g/mol. The van der Waals surface area contributed by atoms with E-state index < -0.39 is 34.8 Å². The smallest absolute Gasteiger partial charge is 0.333 e. The minimum atomic E-state index is -1.48. The van der Waals surface area contributed by atoms with E-state index in [1.54, 1.807) is 0 Å². The van der Waals surface area contributed by atoms with Crippen LogP contribution in [0.25, 0.3) is 0 Å². The highest BCUT2D eigenvalue weighted by molar-refractivity contribution is 5.86. The van der Waals surface area contributed by atoms with Crippen LogP contribution in [0.3, 0.4) is 0 Å². The zero-order valence-corrected chi connectivity index (χ0v) is 17.0. The molecule has 0 unspecified atom stereocenters. The van der Waals surface area contributed by atoms with Gasteiger partial charge in [-0.25, -0.2) is 4.79 Å². The Morgan fingerprint density at radius 3 is 2.72 bits per heavy atom. The van der Waals surface area contributed by atoms with Crippen molar-refractivity contribution in [3.63, 3.8) is 0 Å². The van der Waals surface area contributed by atoms with Crippen LogP contribution in [0.5, 0.6) is 0 Å². The van der Waals surface area contributed by atoms with Crippen molar-refractivity contribution >= 4 is 11.9 Å². The number of esters is 2. The summed E-state index contributed by atoms with van der Waals surface area (Å²) in [6.45, 7) is 3.35. The minimum Gasteiger partial charge on any atom is -0.463 e. The Hall–Kier alpha value is -1.44. The summed E-state index contributed by atoms with van der Waals surface area (Å²) in [5.41, 5.74) is -1.34. The molecule has 0 amide bonds. The van der Waals surface area contributed by atoms with Crippen LogP contribution in [0.4, 0.5) is 0 Å². The maximum atomic E-state index is 11.9. The predicted molar refractivity (Wildman–Crippen MR) is 100 cm³/mol. The molecule has 0 aromatic rings. The monoisotopic (exact) mass is 406 g/mol. The lowest BCUT2D eigenvalue weighted by molar-refractivity contribution is -0.216. The summed E-state index contributed by atoms with van der Waals surface area (Å²) in [7, 11) is 0. The molecular weight excluding hydrogens is 376 g/mol. The molecule has 3 N–H and O–H groups in total. The molecule has 1 aliphatic heterocycles. The number of fused-ring (bicyclic) bond motifs is 5. The van der Waals surface area contributed by atoms with Crippen LogP contribution in [0.15, 0.2) is 11.6 Å². The molecule has 4 saturated carbocycles. The lowest BCUT2D eigenvalue weighted by Gasteiger charge is -2.62. The van der Waals surface area contributed by atoms with E-state index in [1.807, 2.05) is 0 Å². The second-order valence-corrected chi connectivity index (χ2v) is 10.3. The van der Waals surface area contributed by atoms with E-state index in [4.69, 9.17) is 9.47 Å². The van der Waals surface area contributed by atoms with Crippen molar-refractivity contribution in [1.29, 1.82) is 0 Å². The van der Waals surface area contributed by atoms with Crippen molar-refractivity contribution in [2.45, 2.75) is 76.3 Å². The fraction of sp³-hybridized carbons (Fsp3) is 0.818. The van der Waals surface area contributed by atoms with Gasteiger partial charge in [0.1, 0.15) is 12.2 Å². The fourth-order valence-corrected chi connectivity index (χ4v) is 7.97. The molecule has 7 nitrogen and oxygen atoms in total. The number of aliphatic hydroxyl groups is 3. The third-order valence-corrected chi connectivity index (χ3v) is 9.22. The molecule has 0 aromatic heterocycles. The van der Waals surface area contributed by atoms with E-state index in [-0.39, 0.29) is 29.8 Å². The molecule has 7 heteroatoms. The second-order valence-electron chi connectivity index (χ2n) is 10.3. The van der Waals surface area contributed by atoms with Gasteiger partial charge < -0.3 is 24.8 Å². The topological polar surface area (TPSA) is 113 Å². The Balaban J connectivity index is 1.50. The number of hydrogen-bond acceptors (Lipinski definition) is 7. The van der Waals surface area contributed by atoms with Gasteiger partial charge >= 0.3 is 11.9 Å². The fourth-order valence-electron chi connectivity index (χ4n) is 7.97. The van der Waals surface area contributed by atoms with Gasteiger partial charge in [-0.3, -0.25) is 4.79 Å². The van der Waals surface area contributed by atoms with Crippen molar-refractivity contribution in [1.82, 2.24) is 0 Å². The first-order chi connectivity index (χ1) is 13.6. The molecule has 5 rings (SSSR count). The zero-order valence-electron chi connectivity index (χ0n) is 17.0. The van der Waals surface area contributed by atoms with Crippen LogP contribution in [-0.2, 0) is 19.1 Å². The number of carbonyl (C=O) groups is 2. The van der Waals surface area contributed by atoms with Crippen LogP contribution in [0.2, 0.25) is 0 Å². The number of rotatable bonds is 2. The molecule has 0 radical (unpaired) electrons. The Morgan fingerprint density at radius 1 is 1.24 bits per heavy atom. The van der Waals surface area contributed by atoms with Gasteiger partial charge in [-0.15, -0.1) is 0 Å². The standard InChI is InChI=1S/C22H30O7/c1-12(23)28-11-21(26)13-3-4-16-19(2)7-8-22(27)15(9-17(24)29-22)14(19)5-6-20(16,10-13)18(21)25/h9,13-14,16,18,25-27H,3-8,10-11H2,1-2H3/t13-,14-,16+,18-,19-,20-,21+,22-/m1/s1. The van der Waals surface area contributed by atoms with Crippen LogP contribution >= 0.6 is 0 Å². The highest BCUT2D eigenvalue weighted by Gasteiger charge is 2.72. The number of ether oxygens (including phenoxy) is 2.